The first-order valence-corrected chi connectivity index (χ1v) is 23.3. The Labute approximate surface area is 339 Å². The smallest absolute Gasteiger partial charge is 0.306 e. The maximum absolute atomic E-state index is 12.5. The van der Waals surface area contributed by atoms with Crippen LogP contribution >= 0.6 is 0 Å². The Kier molecular flexibility index (Phi) is 26.0. The van der Waals surface area contributed by atoms with Gasteiger partial charge in [-0.15, -0.1) is 0 Å². The number of fused-ring (bicyclic) bond motifs is 1. The van der Waals surface area contributed by atoms with Gasteiger partial charge in [-0.1, -0.05) is 166 Å². The normalized spacial score (nSPS) is 22.5. The molecule has 0 radical (unpaired) electrons. The van der Waals surface area contributed by atoms with Crippen molar-refractivity contribution in [1.29, 1.82) is 0 Å². The Balaban J connectivity index is 1.56. The number of esters is 3. The van der Waals surface area contributed by atoms with Gasteiger partial charge in [0.25, 0.3) is 0 Å². The average molecular weight is 771 g/mol. The number of carbonyl (C=O) groups excluding carboxylic acids is 3. The van der Waals surface area contributed by atoms with E-state index in [4.69, 9.17) is 9.47 Å². The predicted molar refractivity (Wildman–Crippen MR) is 229 cm³/mol. The zero-order valence-electron chi connectivity index (χ0n) is 36.9. The van der Waals surface area contributed by atoms with Gasteiger partial charge >= 0.3 is 17.9 Å². The summed E-state index contributed by atoms with van der Waals surface area (Å²) in [7, 11) is 1.34. The third-order valence-electron chi connectivity index (χ3n) is 13.7. The Hall–Kier alpha value is -2.11. The Morgan fingerprint density at radius 2 is 1.16 bits per heavy atom. The quantitative estimate of drug-likeness (QED) is 0.0293. The summed E-state index contributed by atoms with van der Waals surface area (Å²) in [5.74, 6) is -0.0338. The molecule has 0 unspecified atom stereocenters. The van der Waals surface area contributed by atoms with Crippen LogP contribution < -0.4 is 0 Å². The Morgan fingerprint density at radius 3 is 1.69 bits per heavy atom. The van der Waals surface area contributed by atoms with Crippen LogP contribution in [0.3, 0.4) is 0 Å². The number of unbranched alkanes of at least 4 members (excludes halogenated alkanes) is 20. The highest BCUT2D eigenvalue weighted by molar-refractivity contribution is 5.77. The number of carbonyl (C=O) groups is 3. The van der Waals surface area contributed by atoms with Gasteiger partial charge in [-0.05, 0) is 87.5 Å². The standard InChI is InChI=1S/C49H86O6/c1-7-8-9-10-11-12-13-14-15-16-17-18-19-20-21-22-23-24-25-26-27-31-46(51)54-39-36-41(2)34-37-49(5)43(40-55-47(52)33-32-45(50)53-6)35-38-48(4)42(3)29-28-30-44(48)49/h29,36,43-44H,7-28,30-35,37-40H2,1-6H3/b41-36+/t43-,44-,48-,49-/m0/s1. The monoisotopic (exact) mass is 771 g/mol. The first kappa shape index (κ1) is 49.0. The topological polar surface area (TPSA) is 78.9 Å². The van der Waals surface area contributed by atoms with Crippen LogP contribution in [0.25, 0.3) is 0 Å². The molecule has 318 valence electrons. The van der Waals surface area contributed by atoms with Gasteiger partial charge in [0, 0.05) is 6.42 Å². The Morgan fingerprint density at radius 1 is 0.673 bits per heavy atom. The summed E-state index contributed by atoms with van der Waals surface area (Å²) in [5, 5.41) is 0. The Bertz CT molecular complexity index is 1120. The molecule has 55 heavy (non-hydrogen) atoms. The van der Waals surface area contributed by atoms with E-state index in [2.05, 4.69) is 51.5 Å². The van der Waals surface area contributed by atoms with Crippen molar-refractivity contribution in [1.82, 2.24) is 0 Å². The molecule has 0 aliphatic heterocycles. The highest BCUT2D eigenvalue weighted by Gasteiger charge is 2.54. The van der Waals surface area contributed by atoms with E-state index in [1.54, 1.807) is 0 Å². The largest absolute Gasteiger partial charge is 0.469 e. The molecular formula is C49H86O6. The van der Waals surface area contributed by atoms with E-state index in [-0.39, 0.29) is 41.5 Å². The molecule has 0 aromatic rings. The first-order valence-electron chi connectivity index (χ1n) is 23.3. The van der Waals surface area contributed by atoms with Gasteiger partial charge in [-0.2, -0.15) is 0 Å². The fraction of sp³-hybridized carbons (Fsp3) is 0.857. The molecule has 0 aromatic heterocycles. The molecule has 0 amide bonds. The zero-order chi connectivity index (χ0) is 40.2. The molecule has 2 rings (SSSR count). The number of methoxy groups -OCH3 is 1. The van der Waals surface area contributed by atoms with E-state index in [0.29, 0.717) is 25.6 Å². The molecule has 2 aliphatic carbocycles. The van der Waals surface area contributed by atoms with Crippen molar-refractivity contribution in [2.75, 3.05) is 20.3 Å². The average Bonchev–Trinajstić information content (AvgIpc) is 3.17. The lowest BCUT2D eigenvalue weighted by Crippen LogP contribution is -2.51. The van der Waals surface area contributed by atoms with Crippen molar-refractivity contribution in [2.24, 2.45) is 22.7 Å². The van der Waals surface area contributed by atoms with E-state index in [9.17, 15) is 14.4 Å². The summed E-state index contributed by atoms with van der Waals surface area (Å²) in [6.45, 7) is 12.3. The van der Waals surface area contributed by atoms with E-state index in [1.807, 2.05) is 0 Å². The van der Waals surface area contributed by atoms with Crippen LogP contribution in [0, 0.1) is 22.7 Å². The van der Waals surface area contributed by atoms with Crippen LogP contribution in [0.15, 0.2) is 23.3 Å². The molecule has 1 fully saturated rings. The third kappa shape index (κ3) is 19.7. The number of allylic oxidation sites excluding steroid dienone is 3. The summed E-state index contributed by atoms with van der Waals surface area (Å²) in [5.41, 5.74) is 2.91. The lowest BCUT2D eigenvalue weighted by Gasteiger charge is -2.58. The van der Waals surface area contributed by atoms with Crippen LogP contribution in [-0.4, -0.2) is 38.2 Å². The van der Waals surface area contributed by atoms with Crippen LogP contribution in [0.5, 0.6) is 0 Å². The van der Waals surface area contributed by atoms with E-state index in [0.717, 1.165) is 51.4 Å². The minimum absolute atomic E-state index is 0.00285. The number of hydrogen-bond donors (Lipinski definition) is 0. The molecule has 6 heteroatoms. The highest BCUT2D eigenvalue weighted by atomic mass is 16.5. The summed E-state index contributed by atoms with van der Waals surface area (Å²) < 4.78 is 16.1. The highest BCUT2D eigenvalue weighted by Crippen LogP contribution is 2.62. The second-order valence-corrected chi connectivity index (χ2v) is 18.0. The SMILES string of the molecule is CCCCCCCCCCCCCCCCCCCCCCCC(=O)OC/C=C(\C)CC[C@@]1(C)[C@H](COC(=O)CCC(=O)OC)CC[C@@]2(C)C(C)=CCC[C@H]12. The molecule has 0 aromatic carbocycles. The molecule has 0 heterocycles. The fourth-order valence-electron chi connectivity index (χ4n) is 9.65. The summed E-state index contributed by atoms with van der Waals surface area (Å²) >= 11 is 0. The summed E-state index contributed by atoms with van der Waals surface area (Å²) in [4.78, 5) is 36.5. The van der Waals surface area contributed by atoms with Crippen molar-refractivity contribution in [2.45, 2.75) is 227 Å². The minimum Gasteiger partial charge on any atom is -0.469 e. The number of ether oxygens (including phenoxy) is 3. The van der Waals surface area contributed by atoms with Crippen molar-refractivity contribution in [3.63, 3.8) is 0 Å². The minimum atomic E-state index is -0.390. The van der Waals surface area contributed by atoms with Gasteiger partial charge in [-0.25, -0.2) is 0 Å². The van der Waals surface area contributed by atoms with E-state index < -0.39 is 5.97 Å². The molecular weight excluding hydrogens is 685 g/mol. The third-order valence-corrected chi connectivity index (χ3v) is 13.7. The van der Waals surface area contributed by atoms with Gasteiger partial charge < -0.3 is 14.2 Å². The summed E-state index contributed by atoms with van der Waals surface area (Å²) in [6.07, 6.45) is 39.9. The molecule has 0 spiro atoms. The lowest BCUT2D eigenvalue weighted by atomic mass is 9.46. The molecule has 0 saturated heterocycles. The molecule has 4 atom stereocenters. The second kappa shape index (κ2) is 29.2. The second-order valence-electron chi connectivity index (χ2n) is 18.0. The van der Waals surface area contributed by atoms with Crippen molar-refractivity contribution in [3.05, 3.63) is 23.3 Å². The van der Waals surface area contributed by atoms with Gasteiger partial charge in [0.15, 0.2) is 0 Å². The van der Waals surface area contributed by atoms with Crippen molar-refractivity contribution in [3.8, 4) is 0 Å². The van der Waals surface area contributed by atoms with Gasteiger partial charge in [0.2, 0.25) is 0 Å². The van der Waals surface area contributed by atoms with Crippen LogP contribution in [0.1, 0.15) is 227 Å². The van der Waals surface area contributed by atoms with Crippen molar-refractivity contribution < 1.29 is 28.6 Å². The van der Waals surface area contributed by atoms with E-state index in [1.165, 1.54) is 140 Å². The number of hydrogen-bond acceptors (Lipinski definition) is 6. The first-order chi connectivity index (χ1) is 26.6. The van der Waals surface area contributed by atoms with Gasteiger partial charge in [0.1, 0.15) is 6.61 Å². The summed E-state index contributed by atoms with van der Waals surface area (Å²) in [6, 6.07) is 0. The van der Waals surface area contributed by atoms with Gasteiger partial charge in [0.05, 0.1) is 26.6 Å². The molecule has 0 bridgehead atoms. The van der Waals surface area contributed by atoms with E-state index >= 15 is 0 Å². The zero-order valence-corrected chi connectivity index (χ0v) is 36.9. The van der Waals surface area contributed by atoms with Gasteiger partial charge in [-0.3, -0.25) is 14.4 Å². The van der Waals surface area contributed by atoms with Crippen LogP contribution in [0.4, 0.5) is 0 Å². The lowest BCUT2D eigenvalue weighted by molar-refractivity contribution is -0.154. The molecule has 0 N–H and O–H groups in total. The number of rotatable bonds is 32. The van der Waals surface area contributed by atoms with Crippen molar-refractivity contribution >= 4 is 17.9 Å². The maximum Gasteiger partial charge on any atom is 0.306 e. The fourth-order valence-corrected chi connectivity index (χ4v) is 9.65. The maximum atomic E-state index is 12.5. The van der Waals surface area contributed by atoms with Crippen LogP contribution in [0.2, 0.25) is 0 Å². The predicted octanol–water partition coefficient (Wildman–Crippen LogP) is 14.1. The van der Waals surface area contributed by atoms with Crippen LogP contribution in [-0.2, 0) is 28.6 Å². The molecule has 1 saturated carbocycles. The molecule has 2 aliphatic rings. The molecule has 6 nitrogen and oxygen atoms in total.